The number of carbonyl (C=O) groups is 1. The van der Waals surface area contributed by atoms with E-state index in [1.165, 1.54) is 6.54 Å². The normalized spacial score (nSPS) is 48.0. The monoisotopic (exact) mass is 339 g/mol. The Morgan fingerprint density at radius 3 is 2.92 bits per heavy atom. The van der Waals surface area contributed by atoms with Crippen LogP contribution in [0.1, 0.15) is 35.5 Å². The molecule has 1 aromatic heterocycles. The smallest absolute Gasteiger partial charge is 0.276 e. The van der Waals surface area contributed by atoms with Crippen LogP contribution < -0.4 is 5.48 Å². The number of hydrogen-bond acceptors (Lipinski definition) is 4. The molecule has 5 nitrogen and oxygen atoms in total. The van der Waals surface area contributed by atoms with E-state index in [4.69, 9.17) is 5.21 Å². The van der Waals surface area contributed by atoms with Crippen LogP contribution >= 0.6 is 0 Å². The van der Waals surface area contributed by atoms with Crippen LogP contribution in [-0.2, 0) is 13.0 Å². The number of fused-ring (bicyclic) bond motifs is 3. The van der Waals surface area contributed by atoms with Gasteiger partial charge in [-0.25, -0.2) is 5.48 Å². The van der Waals surface area contributed by atoms with Crippen molar-refractivity contribution in [2.45, 2.75) is 26.8 Å². The van der Waals surface area contributed by atoms with Crippen LogP contribution in [0.5, 0.6) is 0 Å². The summed E-state index contributed by atoms with van der Waals surface area (Å²) in [5, 5.41) is 8.85. The van der Waals surface area contributed by atoms with Gasteiger partial charge in [0, 0.05) is 37.9 Å². The molecule has 1 amide bonds. The molecular formula is C20H25N3O2. The Kier molecular flexibility index (Phi) is 2.61. The van der Waals surface area contributed by atoms with Gasteiger partial charge in [0.15, 0.2) is 0 Å². The molecule has 1 aromatic rings. The highest BCUT2D eigenvalue weighted by molar-refractivity contribution is 5.93. The van der Waals surface area contributed by atoms with Crippen LogP contribution in [0, 0.1) is 46.8 Å². The first-order valence-electron chi connectivity index (χ1n) is 9.72. The number of pyridine rings is 1. The predicted molar refractivity (Wildman–Crippen MR) is 90.7 cm³/mol. The van der Waals surface area contributed by atoms with Gasteiger partial charge in [0.25, 0.3) is 5.91 Å². The minimum atomic E-state index is -0.480. The molecule has 0 radical (unpaired) electrons. The number of hydroxylamine groups is 1. The summed E-state index contributed by atoms with van der Waals surface area (Å²) in [5.74, 6) is 6.56. The van der Waals surface area contributed by atoms with Crippen molar-refractivity contribution in [1.29, 1.82) is 0 Å². The van der Waals surface area contributed by atoms with Crippen LogP contribution in [0.15, 0.2) is 12.3 Å². The molecule has 2 heterocycles. The molecule has 0 saturated heterocycles. The summed E-state index contributed by atoms with van der Waals surface area (Å²) in [6.45, 7) is 8.18. The number of hydrogen-bond donors (Lipinski definition) is 2. The van der Waals surface area contributed by atoms with Crippen molar-refractivity contribution in [3.05, 3.63) is 29.1 Å². The lowest BCUT2D eigenvalue weighted by atomic mass is 9.09. The Labute approximate surface area is 147 Å². The zero-order valence-electron chi connectivity index (χ0n) is 14.8. The van der Waals surface area contributed by atoms with Crippen molar-refractivity contribution >= 4 is 5.91 Å². The number of nitrogens with zero attached hydrogens (tertiary/aromatic N) is 2. The number of amides is 1. The highest BCUT2D eigenvalue weighted by Gasteiger charge is 2.91. The average molecular weight is 339 g/mol. The quantitative estimate of drug-likeness (QED) is 0.653. The number of rotatable bonds is 3. The van der Waals surface area contributed by atoms with E-state index in [1.54, 1.807) is 11.7 Å². The molecule has 4 fully saturated rings. The first-order valence-corrected chi connectivity index (χ1v) is 9.72. The number of aromatic nitrogens is 1. The van der Waals surface area contributed by atoms with Crippen LogP contribution in [0.25, 0.3) is 0 Å². The summed E-state index contributed by atoms with van der Waals surface area (Å²) < 4.78 is 0. The van der Waals surface area contributed by atoms with E-state index < -0.39 is 5.91 Å². The van der Waals surface area contributed by atoms with Gasteiger partial charge in [-0.3, -0.25) is 19.9 Å². The predicted octanol–water partition coefficient (Wildman–Crippen LogP) is 1.95. The van der Waals surface area contributed by atoms with Gasteiger partial charge in [-0.15, -0.1) is 0 Å². The molecule has 132 valence electrons. The fourth-order valence-corrected chi connectivity index (χ4v) is 8.16. The van der Waals surface area contributed by atoms with E-state index in [0.29, 0.717) is 11.0 Å². The lowest BCUT2D eigenvalue weighted by Gasteiger charge is -2.95. The lowest BCUT2D eigenvalue weighted by Crippen LogP contribution is -2.93. The molecule has 4 saturated carbocycles. The van der Waals surface area contributed by atoms with Gasteiger partial charge in [0.1, 0.15) is 0 Å². The van der Waals surface area contributed by atoms with Crippen molar-refractivity contribution in [3.8, 4) is 0 Å². The van der Waals surface area contributed by atoms with Crippen molar-refractivity contribution in [1.82, 2.24) is 15.4 Å². The first-order chi connectivity index (χ1) is 12.1. The highest BCUT2D eigenvalue weighted by atomic mass is 16.5. The maximum atomic E-state index is 11.7. The summed E-state index contributed by atoms with van der Waals surface area (Å²) in [7, 11) is 0. The lowest BCUT2D eigenvalue weighted by molar-refractivity contribution is -0.486. The summed E-state index contributed by atoms with van der Waals surface area (Å²) in [6, 6.07) is 1.90. The largest absolute Gasteiger partial charge is 0.298 e. The minimum absolute atomic E-state index is 0.441. The van der Waals surface area contributed by atoms with Gasteiger partial charge >= 0.3 is 0 Å². The maximum absolute atomic E-state index is 11.7. The second-order valence-electron chi connectivity index (χ2n) is 9.28. The van der Waals surface area contributed by atoms with Crippen LogP contribution in [0.3, 0.4) is 0 Å². The Hall–Kier alpha value is -1.46. The number of nitrogens with one attached hydrogen (secondary N) is 1. The fourth-order valence-electron chi connectivity index (χ4n) is 8.16. The van der Waals surface area contributed by atoms with Crippen LogP contribution in [-0.4, -0.2) is 34.1 Å². The van der Waals surface area contributed by atoms with E-state index in [9.17, 15) is 4.79 Å². The molecule has 1 aliphatic heterocycles. The third-order valence-corrected chi connectivity index (χ3v) is 8.95. The average Bonchev–Trinajstić information content (AvgIpc) is 2.61. The van der Waals surface area contributed by atoms with Gasteiger partial charge in [0.05, 0.1) is 5.56 Å². The molecule has 0 bridgehead atoms. The molecule has 8 atom stereocenters. The summed E-state index contributed by atoms with van der Waals surface area (Å²) in [6.07, 6.45) is 2.53. The molecule has 6 rings (SSSR count). The molecule has 0 spiro atoms. The van der Waals surface area contributed by atoms with Crippen molar-refractivity contribution < 1.29 is 10.0 Å². The second-order valence-corrected chi connectivity index (χ2v) is 9.28. The van der Waals surface area contributed by atoms with Gasteiger partial charge < -0.3 is 0 Å². The molecule has 5 heteroatoms. The van der Waals surface area contributed by atoms with Crippen LogP contribution in [0.2, 0.25) is 0 Å². The Bertz CT molecular complexity index is 781. The molecule has 2 N–H and O–H groups in total. The highest BCUT2D eigenvalue weighted by Crippen LogP contribution is 2.93. The van der Waals surface area contributed by atoms with Gasteiger partial charge in [-0.2, -0.15) is 0 Å². The SMILES string of the molecule is CC1C2C3C(C)C4(CN5CCc6ncc(C(=O)NO)cc6C5)C1C2C34. The second kappa shape index (κ2) is 4.44. The van der Waals surface area contributed by atoms with Crippen molar-refractivity contribution in [2.24, 2.45) is 46.8 Å². The summed E-state index contributed by atoms with van der Waals surface area (Å²) in [5.41, 5.74) is 5.00. The maximum Gasteiger partial charge on any atom is 0.276 e. The van der Waals surface area contributed by atoms with Crippen molar-refractivity contribution in [3.63, 3.8) is 0 Å². The van der Waals surface area contributed by atoms with Gasteiger partial charge in [0.2, 0.25) is 0 Å². The van der Waals surface area contributed by atoms with E-state index in [1.807, 2.05) is 6.07 Å². The standard InChI is InChI=1S/C20H25N3O2/c1-9-14-15-10(2)20(17(9)16(14)18(15)20)8-23-4-3-13-12(7-23)5-11(6-21-13)19(24)22-25/h5-6,9-10,14-18,25H,3-4,7-8H2,1-2H3,(H,22,24). The zero-order valence-corrected chi connectivity index (χ0v) is 14.8. The van der Waals surface area contributed by atoms with E-state index >= 15 is 0 Å². The molecule has 4 aliphatic carbocycles. The molecule has 5 aliphatic rings. The first kappa shape index (κ1) is 14.7. The molecular weight excluding hydrogens is 314 g/mol. The van der Waals surface area contributed by atoms with Crippen LogP contribution in [0.4, 0.5) is 0 Å². The van der Waals surface area contributed by atoms with E-state index in [0.717, 1.165) is 72.2 Å². The Morgan fingerprint density at radius 1 is 1.36 bits per heavy atom. The van der Waals surface area contributed by atoms with Crippen molar-refractivity contribution in [2.75, 3.05) is 13.1 Å². The Morgan fingerprint density at radius 2 is 2.20 bits per heavy atom. The van der Waals surface area contributed by atoms with E-state index in [2.05, 4.69) is 23.7 Å². The van der Waals surface area contributed by atoms with Gasteiger partial charge in [-0.05, 0) is 58.5 Å². The van der Waals surface area contributed by atoms with E-state index in [-0.39, 0.29) is 0 Å². The topological polar surface area (TPSA) is 65.5 Å². The molecule has 25 heavy (non-hydrogen) atoms. The van der Waals surface area contributed by atoms with Gasteiger partial charge in [-0.1, -0.05) is 13.8 Å². The summed E-state index contributed by atoms with van der Waals surface area (Å²) in [4.78, 5) is 18.7. The number of carbonyl (C=O) groups excluding carboxylic acids is 1. The minimum Gasteiger partial charge on any atom is -0.298 e. The molecule has 8 unspecified atom stereocenters. The Balaban J connectivity index is 1.24. The molecule has 0 aromatic carbocycles. The third kappa shape index (κ3) is 1.43. The zero-order chi connectivity index (χ0) is 17.1. The summed E-state index contributed by atoms with van der Waals surface area (Å²) >= 11 is 0. The third-order valence-electron chi connectivity index (χ3n) is 8.95. The fraction of sp³-hybridized carbons (Fsp3) is 0.700.